The number of amides is 1. The maximum absolute atomic E-state index is 13.2. The molecule has 1 aromatic heterocycles. The van der Waals surface area contributed by atoms with Gasteiger partial charge in [0.15, 0.2) is 0 Å². The van der Waals surface area contributed by atoms with Crippen LogP contribution in [0.4, 0.5) is 17.6 Å². The smallest absolute Gasteiger partial charge is 0.325 e. The zero-order valence-corrected chi connectivity index (χ0v) is 17.6. The van der Waals surface area contributed by atoms with Crippen molar-refractivity contribution >= 4 is 17.5 Å². The Morgan fingerprint density at radius 2 is 1.72 bits per heavy atom. The van der Waals surface area contributed by atoms with Crippen LogP contribution in [0.5, 0.6) is 0 Å². The number of aromatic nitrogens is 2. The van der Waals surface area contributed by atoms with Crippen molar-refractivity contribution in [2.75, 3.05) is 6.54 Å². The summed E-state index contributed by atoms with van der Waals surface area (Å²) < 4.78 is 54.0. The molecular weight excluding hydrogens is 448 g/mol. The predicted octanol–water partition coefficient (Wildman–Crippen LogP) is 5.11. The molecule has 0 unspecified atom stereocenters. The molecule has 10 heteroatoms. The highest BCUT2D eigenvalue weighted by Gasteiger charge is 2.35. The van der Waals surface area contributed by atoms with Gasteiger partial charge in [-0.3, -0.25) is 4.79 Å². The van der Waals surface area contributed by atoms with Gasteiger partial charge in [0.2, 0.25) is 0 Å². The molecule has 0 N–H and O–H groups in total. The number of nitriles is 1. The number of nitrogens with zero attached hydrogens (tertiary/aromatic N) is 4. The summed E-state index contributed by atoms with van der Waals surface area (Å²) in [4.78, 5) is 13.7. The van der Waals surface area contributed by atoms with Crippen LogP contribution in [0.2, 0.25) is 5.15 Å². The monoisotopic (exact) mass is 464 g/mol. The average molecular weight is 465 g/mol. The molecule has 0 saturated heterocycles. The summed E-state index contributed by atoms with van der Waals surface area (Å²) in [6.45, 7) is -0.219. The highest BCUT2D eigenvalue weighted by molar-refractivity contribution is 6.33. The number of rotatable bonds is 6. The molecule has 0 radical (unpaired) electrons. The standard InChI is InChI=1S/C22H17ClF4N4O/c1-14-19(20(23)31(29-14)12-17-6-8-18(24)9-7-17)21(32)30(13-22(25,26)27)11-16-4-2-15(10-28)3-5-16/h2-9H,11-13H2,1H3. The lowest BCUT2D eigenvalue weighted by molar-refractivity contribution is -0.141. The van der Waals surface area contributed by atoms with Crippen LogP contribution < -0.4 is 0 Å². The fourth-order valence-electron chi connectivity index (χ4n) is 3.14. The molecule has 2 aromatic carbocycles. The third kappa shape index (κ3) is 5.65. The summed E-state index contributed by atoms with van der Waals surface area (Å²) in [5.74, 6) is -1.34. The molecular formula is C22H17ClF4N4O. The van der Waals surface area contributed by atoms with E-state index in [1.54, 1.807) is 0 Å². The van der Waals surface area contributed by atoms with Gasteiger partial charge in [-0.2, -0.15) is 23.5 Å². The van der Waals surface area contributed by atoms with Crippen LogP contribution in [-0.2, 0) is 13.1 Å². The van der Waals surface area contributed by atoms with E-state index in [0.717, 1.165) is 0 Å². The quantitative estimate of drug-likeness (QED) is 0.476. The van der Waals surface area contributed by atoms with Crippen LogP contribution in [-0.4, -0.2) is 33.3 Å². The van der Waals surface area contributed by atoms with Crippen LogP contribution in [0.25, 0.3) is 0 Å². The maximum Gasteiger partial charge on any atom is 0.406 e. The first-order valence-electron chi connectivity index (χ1n) is 9.40. The number of hydrogen-bond donors (Lipinski definition) is 0. The van der Waals surface area contributed by atoms with Crippen LogP contribution in [0.3, 0.4) is 0 Å². The Morgan fingerprint density at radius 3 is 2.28 bits per heavy atom. The van der Waals surface area contributed by atoms with Crippen molar-refractivity contribution < 1.29 is 22.4 Å². The highest BCUT2D eigenvalue weighted by atomic mass is 35.5. The second-order valence-corrected chi connectivity index (χ2v) is 7.48. The van der Waals surface area contributed by atoms with Crippen molar-refractivity contribution in [3.8, 4) is 6.07 Å². The lowest BCUT2D eigenvalue weighted by atomic mass is 10.1. The van der Waals surface area contributed by atoms with Crippen molar-refractivity contribution in [2.45, 2.75) is 26.2 Å². The van der Waals surface area contributed by atoms with Crippen molar-refractivity contribution in [1.82, 2.24) is 14.7 Å². The van der Waals surface area contributed by atoms with Gasteiger partial charge in [0.05, 0.1) is 29.4 Å². The number of benzene rings is 2. The number of carbonyl (C=O) groups is 1. The van der Waals surface area contributed by atoms with E-state index in [1.165, 1.54) is 60.1 Å². The van der Waals surface area contributed by atoms with E-state index in [0.29, 0.717) is 21.6 Å². The summed E-state index contributed by atoms with van der Waals surface area (Å²) in [6, 6.07) is 13.4. The average Bonchev–Trinajstić information content (AvgIpc) is 3.01. The summed E-state index contributed by atoms with van der Waals surface area (Å²) in [5.41, 5.74) is 1.47. The minimum Gasteiger partial charge on any atom is -0.325 e. The Balaban J connectivity index is 1.90. The van der Waals surface area contributed by atoms with Crippen molar-refractivity contribution in [3.05, 3.63) is 87.4 Å². The summed E-state index contributed by atoms with van der Waals surface area (Å²) in [7, 11) is 0. The van der Waals surface area contributed by atoms with Crippen LogP contribution >= 0.6 is 11.6 Å². The van der Waals surface area contributed by atoms with E-state index >= 15 is 0 Å². The van der Waals surface area contributed by atoms with Gasteiger partial charge in [-0.05, 0) is 42.3 Å². The zero-order chi connectivity index (χ0) is 23.5. The van der Waals surface area contributed by atoms with Gasteiger partial charge < -0.3 is 4.90 Å². The topological polar surface area (TPSA) is 61.9 Å². The molecule has 0 spiro atoms. The van der Waals surface area contributed by atoms with Gasteiger partial charge in [0.1, 0.15) is 17.5 Å². The van der Waals surface area contributed by atoms with Crippen LogP contribution in [0.1, 0.15) is 32.7 Å². The molecule has 0 atom stereocenters. The molecule has 1 amide bonds. The van der Waals surface area contributed by atoms with Crippen molar-refractivity contribution in [3.63, 3.8) is 0 Å². The van der Waals surface area contributed by atoms with Crippen LogP contribution in [0.15, 0.2) is 48.5 Å². The maximum atomic E-state index is 13.2. The predicted molar refractivity (Wildman–Crippen MR) is 109 cm³/mol. The van der Waals surface area contributed by atoms with E-state index in [9.17, 15) is 22.4 Å². The first-order valence-corrected chi connectivity index (χ1v) is 9.77. The number of carbonyl (C=O) groups excluding carboxylic acids is 1. The number of aryl methyl sites for hydroxylation is 1. The largest absolute Gasteiger partial charge is 0.406 e. The normalized spacial score (nSPS) is 11.3. The summed E-state index contributed by atoms with van der Waals surface area (Å²) >= 11 is 6.33. The van der Waals surface area contributed by atoms with Gasteiger partial charge in [0.25, 0.3) is 5.91 Å². The minimum absolute atomic E-state index is 0.108. The first kappa shape index (κ1) is 23.3. The molecule has 0 saturated carbocycles. The molecule has 0 aliphatic carbocycles. The molecule has 1 heterocycles. The lowest BCUT2D eigenvalue weighted by Crippen LogP contribution is -2.38. The van der Waals surface area contributed by atoms with Gasteiger partial charge in [-0.15, -0.1) is 0 Å². The van der Waals surface area contributed by atoms with E-state index in [1.807, 2.05) is 6.07 Å². The third-order valence-electron chi connectivity index (χ3n) is 4.64. The highest BCUT2D eigenvalue weighted by Crippen LogP contribution is 2.26. The van der Waals surface area contributed by atoms with Gasteiger partial charge in [0, 0.05) is 6.54 Å². The number of halogens is 5. The number of hydrogen-bond acceptors (Lipinski definition) is 3. The minimum atomic E-state index is -4.63. The van der Waals surface area contributed by atoms with Crippen molar-refractivity contribution in [1.29, 1.82) is 5.26 Å². The Kier molecular flexibility index (Phi) is 6.84. The van der Waals surface area contributed by atoms with E-state index in [2.05, 4.69) is 5.10 Å². The second-order valence-electron chi connectivity index (χ2n) is 7.12. The molecule has 3 aromatic rings. The molecule has 0 fully saturated rings. The van der Waals surface area contributed by atoms with Gasteiger partial charge in [-0.1, -0.05) is 35.9 Å². The Morgan fingerprint density at radius 1 is 1.12 bits per heavy atom. The molecule has 32 heavy (non-hydrogen) atoms. The molecule has 5 nitrogen and oxygen atoms in total. The first-order chi connectivity index (χ1) is 15.1. The zero-order valence-electron chi connectivity index (χ0n) is 16.8. The molecule has 0 aliphatic rings. The summed E-state index contributed by atoms with van der Waals surface area (Å²) in [5, 5.41) is 13.0. The van der Waals surface area contributed by atoms with E-state index in [-0.39, 0.29) is 29.5 Å². The van der Waals surface area contributed by atoms with Crippen LogP contribution in [0, 0.1) is 24.1 Å². The third-order valence-corrected chi connectivity index (χ3v) is 5.02. The Labute approximate surface area is 186 Å². The lowest BCUT2D eigenvalue weighted by Gasteiger charge is -2.24. The fourth-order valence-corrected chi connectivity index (χ4v) is 3.46. The van der Waals surface area contributed by atoms with Gasteiger partial charge in [-0.25, -0.2) is 9.07 Å². The SMILES string of the molecule is Cc1nn(Cc2ccc(F)cc2)c(Cl)c1C(=O)N(Cc1ccc(C#N)cc1)CC(F)(F)F. The van der Waals surface area contributed by atoms with Gasteiger partial charge >= 0.3 is 6.18 Å². The Bertz CT molecular complexity index is 1150. The second kappa shape index (κ2) is 9.40. The fraction of sp³-hybridized carbons (Fsp3) is 0.227. The molecule has 0 bridgehead atoms. The van der Waals surface area contributed by atoms with Crippen molar-refractivity contribution in [2.24, 2.45) is 0 Å². The molecule has 0 aliphatic heterocycles. The number of alkyl halides is 3. The summed E-state index contributed by atoms with van der Waals surface area (Å²) in [6.07, 6.45) is -4.63. The van der Waals surface area contributed by atoms with E-state index < -0.39 is 24.4 Å². The molecule has 166 valence electrons. The Hall–Kier alpha value is -3.38. The van der Waals surface area contributed by atoms with E-state index in [4.69, 9.17) is 16.9 Å². The molecule has 3 rings (SSSR count).